The molecular weight excluding hydrogens is 318 g/mol. The first-order valence-corrected chi connectivity index (χ1v) is 7.95. The standard InChI is InChI=1S/C14H19N5O3S/c1-7(13(20)16-14-15-8(2)11(5)23-14)6-18-10(4)12(19(21)22)9(3)17-18/h7H,6H2,1-5H3,(H,15,16,20). The third-order valence-corrected chi connectivity index (χ3v) is 4.67. The van der Waals surface area contributed by atoms with Crippen molar-refractivity contribution < 1.29 is 9.72 Å². The number of hydrogen-bond donors (Lipinski definition) is 1. The lowest BCUT2D eigenvalue weighted by Crippen LogP contribution is -2.25. The van der Waals surface area contributed by atoms with Gasteiger partial charge in [0.05, 0.1) is 23.1 Å². The van der Waals surface area contributed by atoms with Gasteiger partial charge in [-0.15, -0.1) is 11.3 Å². The smallest absolute Gasteiger partial charge is 0.302 e. The number of hydrogen-bond acceptors (Lipinski definition) is 6. The van der Waals surface area contributed by atoms with Crippen molar-refractivity contribution in [2.75, 3.05) is 5.32 Å². The van der Waals surface area contributed by atoms with Gasteiger partial charge in [0, 0.05) is 4.88 Å². The maximum Gasteiger partial charge on any atom is 0.312 e. The van der Waals surface area contributed by atoms with Gasteiger partial charge in [0.25, 0.3) is 0 Å². The quantitative estimate of drug-likeness (QED) is 0.667. The van der Waals surface area contributed by atoms with Gasteiger partial charge in [-0.1, -0.05) is 6.92 Å². The molecule has 1 N–H and O–H groups in total. The van der Waals surface area contributed by atoms with Gasteiger partial charge in [-0.25, -0.2) is 4.98 Å². The van der Waals surface area contributed by atoms with E-state index in [2.05, 4.69) is 15.4 Å². The van der Waals surface area contributed by atoms with E-state index in [0.717, 1.165) is 10.6 Å². The van der Waals surface area contributed by atoms with Crippen LogP contribution in [0.25, 0.3) is 0 Å². The molecule has 124 valence electrons. The zero-order valence-corrected chi connectivity index (χ0v) is 14.5. The maximum atomic E-state index is 12.3. The topological polar surface area (TPSA) is 103 Å². The average molecular weight is 337 g/mol. The summed E-state index contributed by atoms with van der Waals surface area (Å²) in [6, 6.07) is 0. The summed E-state index contributed by atoms with van der Waals surface area (Å²) in [6.45, 7) is 9.09. The van der Waals surface area contributed by atoms with E-state index in [9.17, 15) is 14.9 Å². The first kappa shape index (κ1) is 17.1. The lowest BCUT2D eigenvalue weighted by Gasteiger charge is -2.11. The van der Waals surface area contributed by atoms with Crippen LogP contribution in [0.3, 0.4) is 0 Å². The van der Waals surface area contributed by atoms with Crippen LogP contribution in [0.2, 0.25) is 0 Å². The molecule has 1 atom stereocenters. The number of nitro groups is 1. The molecule has 2 rings (SSSR count). The minimum absolute atomic E-state index is 0.00350. The van der Waals surface area contributed by atoms with E-state index in [1.54, 1.807) is 20.8 Å². The first-order chi connectivity index (χ1) is 10.7. The number of amides is 1. The van der Waals surface area contributed by atoms with Crippen LogP contribution in [-0.2, 0) is 11.3 Å². The predicted octanol–water partition coefficient (Wildman–Crippen LogP) is 2.76. The second-order valence-electron chi connectivity index (χ2n) is 5.51. The monoisotopic (exact) mass is 337 g/mol. The Kier molecular flexibility index (Phi) is 4.79. The van der Waals surface area contributed by atoms with E-state index >= 15 is 0 Å². The van der Waals surface area contributed by atoms with Crippen molar-refractivity contribution in [1.82, 2.24) is 14.8 Å². The minimum Gasteiger partial charge on any atom is -0.302 e. The number of thiazole rings is 1. The minimum atomic E-state index is -0.444. The molecule has 0 aromatic carbocycles. The Labute approximate surface area is 137 Å². The first-order valence-electron chi connectivity index (χ1n) is 7.14. The molecule has 2 aromatic rings. The van der Waals surface area contributed by atoms with Crippen molar-refractivity contribution in [2.45, 2.75) is 41.2 Å². The molecule has 0 saturated heterocycles. The molecule has 0 aliphatic rings. The molecule has 0 radical (unpaired) electrons. The van der Waals surface area contributed by atoms with E-state index < -0.39 is 10.8 Å². The zero-order chi connectivity index (χ0) is 17.3. The second kappa shape index (κ2) is 6.45. The molecule has 0 spiro atoms. The van der Waals surface area contributed by atoms with Crippen LogP contribution >= 0.6 is 11.3 Å². The fourth-order valence-electron chi connectivity index (χ4n) is 2.23. The molecule has 0 fully saturated rings. The molecule has 0 saturated carbocycles. The average Bonchev–Trinajstić information content (AvgIpc) is 2.89. The SMILES string of the molecule is Cc1nc(NC(=O)C(C)Cn2nc(C)c([N+](=O)[O-])c2C)sc1C. The summed E-state index contributed by atoms with van der Waals surface area (Å²) in [6.07, 6.45) is 0. The van der Waals surface area contributed by atoms with Crippen LogP contribution in [0.4, 0.5) is 10.8 Å². The molecule has 0 bridgehead atoms. The molecule has 0 aliphatic heterocycles. The lowest BCUT2D eigenvalue weighted by molar-refractivity contribution is -0.386. The van der Waals surface area contributed by atoms with Gasteiger partial charge >= 0.3 is 5.69 Å². The number of carbonyl (C=O) groups is 1. The highest BCUT2D eigenvalue weighted by molar-refractivity contribution is 7.15. The van der Waals surface area contributed by atoms with Crippen LogP contribution in [0, 0.1) is 43.7 Å². The molecule has 0 aliphatic carbocycles. The summed E-state index contributed by atoms with van der Waals surface area (Å²) in [5.74, 6) is -0.578. The highest BCUT2D eigenvalue weighted by atomic mass is 32.1. The van der Waals surface area contributed by atoms with Crippen molar-refractivity contribution in [2.24, 2.45) is 5.92 Å². The summed E-state index contributed by atoms with van der Waals surface area (Å²) in [4.78, 5) is 28.2. The molecule has 23 heavy (non-hydrogen) atoms. The van der Waals surface area contributed by atoms with Gasteiger partial charge < -0.3 is 5.32 Å². The van der Waals surface area contributed by atoms with E-state index in [1.807, 2.05) is 13.8 Å². The van der Waals surface area contributed by atoms with E-state index in [4.69, 9.17) is 0 Å². The summed E-state index contributed by atoms with van der Waals surface area (Å²) in [7, 11) is 0. The fourth-order valence-corrected chi connectivity index (χ4v) is 3.04. The van der Waals surface area contributed by atoms with Gasteiger partial charge in [0.15, 0.2) is 5.13 Å². The highest BCUT2D eigenvalue weighted by Gasteiger charge is 2.24. The number of nitrogens with zero attached hydrogens (tertiary/aromatic N) is 4. The Hall–Kier alpha value is -2.29. The van der Waals surface area contributed by atoms with Crippen LogP contribution < -0.4 is 5.32 Å². The number of anilines is 1. The Balaban J connectivity index is 2.09. The Morgan fingerprint density at radius 3 is 2.48 bits per heavy atom. The summed E-state index contributed by atoms with van der Waals surface area (Å²) in [5.41, 5.74) is 1.70. The van der Waals surface area contributed by atoms with Gasteiger partial charge in [0.1, 0.15) is 11.4 Å². The van der Waals surface area contributed by atoms with E-state index in [1.165, 1.54) is 16.0 Å². The second-order valence-corrected chi connectivity index (χ2v) is 6.71. The van der Waals surface area contributed by atoms with Crippen molar-refractivity contribution in [3.63, 3.8) is 0 Å². The third kappa shape index (κ3) is 3.55. The van der Waals surface area contributed by atoms with Crippen molar-refractivity contribution in [3.8, 4) is 0 Å². The zero-order valence-electron chi connectivity index (χ0n) is 13.7. The van der Waals surface area contributed by atoms with Gasteiger partial charge in [-0.3, -0.25) is 19.6 Å². The highest BCUT2D eigenvalue weighted by Crippen LogP contribution is 2.24. The summed E-state index contributed by atoms with van der Waals surface area (Å²) >= 11 is 1.43. The van der Waals surface area contributed by atoms with Gasteiger partial charge in [0.2, 0.25) is 5.91 Å². The van der Waals surface area contributed by atoms with Crippen LogP contribution in [0.15, 0.2) is 0 Å². The number of aromatic nitrogens is 3. The molecule has 1 amide bonds. The summed E-state index contributed by atoms with van der Waals surface area (Å²) < 4.78 is 1.51. The Bertz CT molecular complexity index is 745. The lowest BCUT2D eigenvalue weighted by atomic mass is 10.1. The van der Waals surface area contributed by atoms with Crippen LogP contribution in [-0.4, -0.2) is 25.6 Å². The normalized spacial score (nSPS) is 12.2. The third-order valence-electron chi connectivity index (χ3n) is 3.68. The molecule has 2 heterocycles. The number of aryl methyl sites for hydroxylation is 3. The number of carbonyl (C=O) groups excluding carboxylic acids is 1. The molecular formula is C14H19N5O3S. The summed E-state index contributed by atoms with van der Waals surface area (Å²) in [5, 5.41) is 18.5. The van der Waals surface area contributed by atoms with Crippen LogP contribution in [0.5, 0.6) is 0 Å². The Morgan fingerprint density at radius 1 is 1.35 bits per heavy atom. The van der Waals surface area contributed by atoms with Crippen molar-refractivity contribution in [3.05, 3.63) is 32.1 Å². The van der Waals surface area contributed by atoms with E-state index in [0.29, 0.717) is 16.5 Å². The number of nitrogens with one attached hydrogen (secondary N) is 1. The van der Waals surface area contributed by atoms with Crippen LogP contribution in [0.1, 0.15) is 28.9 Å². The molecule has 9 heteroatoms. The fraction of sp³-hybridized carbons (Fsp3) is 0.500. The van der Waals surface area contributed by atoms with Gasteiger partial charge in [-0.2, -0.15) is 5.10 Å². The van der Waals surface area contributed by atoms with Crippen molar-refractivity contribution >= 4 is 28.1 Å². The predicted molar refractivity (Wildman–Crippen MR) is 87.7 cm³/mol. The molecule has 8 nitrogen and oxygen atoms in total. The largest absolute Gasteiger partial charge is 0.312 e. The van der Waals surface area contributed by atoms with Crippen molar-refractivity contribution in [1.29, 1.82) is 0 Å². The molecule has 1 unspecified atom stereocenters. The molecule has 2 aromatic heterocycles. The van der Waals surface area contributed by atoms with E-state index in [-0.39, 0.29) is 18.1 Å². The van der Waals surface area contributed by atoms with Gasteiger partial charge in [-0.05, 0) is 27.7 Å². The Morgan fingerprint density at radius 2 is 2.00 bits per heavy atom. The maximum absolute atomic E-state index is 12.3. The number of rotatable bonds is 5.